The molecule has 1 aromatic rings. The molecule has 20 heteroatoms. The molecular weight excluding hydrogens is 496 g/mol. The minimum Gasteiger partial charge on any atom is -0.387 e. The quantitative estimate of drug-likeness (QED) is 0.189. The summed E-state index contributed by atoms with van der Waals surface area (Å²) in [6, 6.07) is 0. The Kier molecular flexibility index (Phi) is 7.65. The second-order valence-electron chi connectivity index (χ2n) is 6.33. The van der Waals surface area contributed by atoms with Gasteiger partial charge in [-0.25, -0.2) is 18.1 Å². The van der Waals surface area contributed by atoms with Crippen molar-refractivity contribution >= 4 is 23.0 Å². The maximum Gasteiger partial charge on any atom is 0.479 e. The fourth-order valence-corrected chi connectivity index (χ4v) is 6.36. The minimum atomic E-state index is -5.99. The third-order valence-electron chi connectivity index (χ3n) is 3.93. The van der Waals surface area contributed by atoms with Crippen LogP contribution in [0, 0.1) is 6.92 Å². The molecule has 7 N–H and O–H groups in total. The maximum absolute atomic E-state index is 13.4. The van der Waals surface area contributed by atoms with Crippen LogP contribution < -0.4 is 11.2 Å². The molecule has 0 spiro atoms. The molecule has 3 unspecified atom stereocenters. The number of halogens is 1. The molecule has 0 amide bonds. The van der Waals surface area contributed by atoms with E-state index in [0.717, 1.165) is 10.8 Å². The molecule has 1 aromatic heterocycles. The second kappa shape index (κ2) is 9.06. The summed E-state index contributed by atoms with van der Waals surface area (Å²) in [4.78, 5) is 61.0. The molecule has 1 saturated heterocycles. The van der Waals surface area contributed by atoms with Crippen LogP contribution in [-0.2, 0) is 27.3 Å². The molecule has 1 fully saturated rings. The molecule has 0 aromatic carbocycles. The van der Waals surface area contributed by atoms with Gasteiger partial charge in [0.05, 0.1) is 6.61 Å². The number of aliphatic hydroxyl groups is 2. The summed E-state index contributed by atoms with van der Waals surface area (Å²) in [6.45, 7) is 0.210. The molecule has 0 aliphatic carbocycles. The lowest BCUT2D eigenvalue weighted by molar-refractivity contribution is -0.0542. The van der Waals surface area contributed by atoms with Gasteiger partial charge in [-0.1, -0.05) is 0 Å². The van der Waals surface area contributed by atoms with Gasteiger partial charge in [0.25, 0.3) is 11.2 Å². The maximum atomic E-state index is 13.4. The summed E-state index contributed by atoms with van der Waals surface area (Å²) in [5.41, 5.74) is -5.53. The molecule has 7 atom stereocenters. The average Bonchev–Trinajstić information content (AvgIpc) is 2.89. The number of alkyl halides is 1. The average molecular weight is 514 g/mol. The van der Waals surface area contributed by atoms with Crippen molar-refractivity contribution in [2.75, 3.05) is 6.61 Å². The first-order chi connectivity index (χ1) is 14.0. The molecule has 2 heterocycles. The fourth-order valence-electron chi connectivity index (χ4n) is 2.44. The molecule has 0 saturated carbocycles. The van der Waals surface area contributed by atoms with Crippen LogP contribution in [0.2, 0.25) is 0 Å². The Morgan fingerprint density at radius 1 is 1.19 bits per heavy atom. The van der Waals surface area contributed by atoms with Crippen molar-refractivity contribution in [2.45, 2.75) is 37.1 Å². The van der Waals surface area contributed by atoms with Crippen LogP contribution in [0.25, 0.3) is 0 Å². The van der Waals surface area contributed by atoms with E-state index < -0.39 is 71.1 Å². The Bertz CT molecular complexity index is 1080. The first-order valence-corrected chi connectivity index (χ1v) is 12.8. The fraction of sp³-hybridized carbons (Fsp3) is 0.636. The number of aromatic nitrogens is 2. The predicted molar refractivity (Wildman–Crippen MR) is 95.6 cm³/mol. The Balaban J connectivity index is 2.12. The van der Waals surface area contributed by atoms with Crippen LogP contribution in [0.4, 0.5) is 4.39 Å². The summed E-state index contributed by atoms with van der Waals surface area (Å²) < 4.78 is 61.1. The number of phosphoric ester groups is 1. The SMILES string of the molecule is Cc1cn([C@@H]2O[C@H](COP(=O)(O)OP(=O)(O)C(F)P(=O)(O)O)[C@@H](O)[C@H]2O)c(=O)[nH]c1=O. The smallest absolute Gasteiger partial charge is 0.387 e. The number of phosphoric acid groups is 1. The number of hydrogen-bond donors (Lipinski definition) is 7. The molecule has 1 aliphatic rings. The third-order valence-corrected chi connectivity index (χ3v) is 9.03. The van der Waals surface area contributed by atoms with Crippen molar-refractivity contribution in [3.05, 3.63) is 32.6 Å². The monoisotopic (exact) mass is 514 g/mol. The summed E-state index contributed by atoms with van der Waals surface area (Å²) in [5, 5.41) is 20.1. The van der Waals surface area contributed by atoms with Gasteiger partial charge >= 0.3 is 28.7 Å². The lowest BCUT2D eigenvalue weighted by atomic mass is 10.1. The first kappa shape index (κ1) is 26.2. The molecule has 1 aliphatic heterocycles. The molecule has 16 nitrogen and oxygen atoms in total. The van der Waals surface area contributed by atoms with Crippen molar-refractivity contribution in [1.29, 1.82) is 0 Å². The Hall–Kier alpha value is -1.06. The number of aliphatic hydroxyl groups excluding tert-OH is 2. The van der Waals surface area contributed by atoms with Gasteiger partial charge < -0.3 is 34.5 Å². The number of ether oxygens (including phenoxy) is 1. The van der Waals surface area contributed by atoms with E-state index in [1.54, 1.807) is 0 Å². The molecule has 0 bridgehead atoms. The van der Waals surface area contributed by atoms with E-state index in [4.69, 9.17) is 14.5 Å². The number of H-pyrrole nitrogens is 1. The van der Waals surface area contributed by atoms with Crippen LogP contribution >= 0.6 is 23.0 Å². The van der Waals surface area contributed by atoms with E-state index in [0.29, 0.717) is 0 Å². The molecule has 2 rings (SSSR count). The highest BCUT2D eigenvalue weighted by Crippen LogP contribution is 2.70. The van der Waals surface area contributed by atoms with Crippen molar-refractivity contribution < 1.29 is 61.4 Å². The zero-order chi connectivity index (χ0) is 23.9. The molecular formula is C11H18FN2O14P3. The number of rotatable bonds is 8. The molecule has 0 radical (unpaired) electrons. The molecule has 31 heavy (non-hydrogen) atoms. The number of nitrogens with zero attached hydrogens (tertiary/aromatic N) is 1. The minimum absolute atomic E-state index is 0.0439. The van der Waals surface area contributed by atoms with Gasteiger partial charge in [0.1, 0.15) is 18.3 Å². The third kappa shape index (κ3) is 6.05. The van der Waals surface area contributed by atoms with Crippen molar-refractivity contribution in [1.82, 2.24) is 9.55 Å². The van der Waals surface area contributed by atoms with E-state index in [1.165, 1.54) is 6.92 Å². The van der Waals surface area contributed by atoms with Gasteiger partial charge in [-0.15, -0.1) is 0 Å². The van der Waals surface area contributed by atoms with E-state index in [2.05, 4.69) is 8.83 Å². The Morgan fingerprint density at radius 3 is 2.32 bits per heavy atom. The highest BCUT2D eigenvalue weighted by molar-refractivity contribution is 7.74. The Morgan fingerprint density at radius 2 is 1.77 bits per heavy atom. The number of nitrogens with one attached hydrogen (secondary N) is 1. The van der Waals surface area contributed by atoms with Crippen LogP contribution in [0.15, 0.2) is 15.8 Å². The Labute approximate surface area is 171 Å². The van der Waals surface area contributed by atoms with Crippen molar-refractivity contribution in [3.63, 3.8) is 0 Å². The number of aromatic amines is 1. The van der Waals surface area contributed by atoms with Crippen LogP contribution in [0.1, 0.15) is 11.8 Å². The highest BCUT2D eigenvalue weighted by Gasteiger charge is 2.51. The van der Waals surface area contributed by atoms with Crippen molar-refractivity contribution in [2.24, 2.45) is 0 Å². The van der Waals surface area contributed by atoms with Gasteiger partial charge in [0.2, 0.25) is 0 Å². The zero-order valence-electron chi connectivity index (χ0n) is 15.3. The van der Waals surface area contributed by atoms with Gasteiger partial charge in [-0.2, -0.15) is 0 Å². The van der Waals surface area contributed by atoms with Crippen molar-refractivity contribution in [3.8, 4) is 0 Å². The summed E-state index contributed by atoms with van der Waals surface area (Å²) in [6.07, 6.45) is -5.85. The van der Waals surface area contributed by atoms with Crippen LogP contribution in [0.5, 0.6) is 0 Å². The number of hydrogen-bond acceptors (Lipinski definition) is 10. The number of aryl methyl sites for hydroxylation is 1. The summed E-state index contributed by atoms with van der Waals surface area (Å²) >= 11 is 0. The normalized spacial score (nSPS) is 29.3. The van der Waals surface area contributed by atoms with E-state index in [-0.39, 0.29) is 5.56 Å². The van der Waals surface area contributed by atoms with Gasteiger partial charge in [-0.3, -0.25) is 28.0 Å². The van der Waals surface area contributed by atoms with Crippen LogP contribution in [-0.4, -0.2) is 69.9 Å². The highest BCUT2D eigenvalue weighted by atomic mass is 31.3. The van der Waals surface area contributed by atoms with Gasteiger partial charge in [-0.05, 0) is 6.92 Å². The van der Waals surface area contributed by atoms with Gasteiger partial charge in [0, 0.05) is 11.8 Å². The van der Waals surface area contributed by atoms with Gasteiger partial charge in [0.15, 0.2) is 6.23 Å². The van der Waals surface area contributed by atoms with E-state index in [1.807, 2.05) is 4.98 Å². The predicted octanol–water partition coefficient (Wildman–Crippen LogP) is -1.79. The van der Waals surface area contributed by atoms with E-state index in [9.17, 15) is 47.7 Å². The lowest BCUT2D eigenvalue weighted by Crippen LogP contribution is -2.38. The summed E-state index contributed by atoms with van der Waals surface area (Å²) in [7, 11) is -17.5. The summed E-state index contributed by atoms with van der Waals surface area (Å²) in [5.74, 6) is 0. The standard InChI is InChI=1S/C11H18FN2O14P3/c1-4-2-14(11(18)13-8(4)17)9-7(16)6(15)5(27-9)3-26-31(24,25)28-30(22,23)10(12)29(19,20)21/h2,5-7,9-10,15-16H,3H2,1H3,(H,22,23)(H,24,25)(H,13,17,18)(H2,19,20,21)/t5-,6-,7-,9-,10?/m1/s1. The molecule has 178 valence electrons. The first-order valence-electron chi connectivity index (χ1n) is 8.00. The lowest BCUT2D eigenvalue weighted by Gasteiger charge is -2.21. The van der Waals surface area contributed by atoms with Crippen LogP contribution in [0.3, 0.4) is 0 Å². The second-order valence-corrected chi connectivity index (χ2v) is 11.8. The zero-order valence-corrected chi connectivity index (χ0v) is 18.0. The largest absolute Gasteiger partial charge is 0.479 e. The topological polar surface area (TPSA) is 255 Å². The van der Waals surface area contributed by atoms with E-state index >= 15 is 0 Å².